The second-order valence-electron chi connectivity index (χ2n) is 6.06. The fourth-order valence-electron chi connectivity index (χ4n) is 3.45. The molecule has 0 amide bonds. The molecule has 7 heteroatoms. The number of nitrogens with one attached hydrogen (secondary N) is 1. The molecule has 1 aromatic rings. The van der Waals surface area contributed by atoms with Gasteiger partial charge in [-0.25, -0.2) is 9.78 Å². The molecule has 122 valence electrons. The van der Waals surface area contributed by atoms with E-state index in [1.54, 1.807) is 0 Å². The maximum Gasteiger partial charge on any atom is 0.351 e. The molecule has 1 saturated carbocycles. The number of ether oxygens (including phenoxy) is 2. The van der Waals surface area contributed by atoms with Crippen molar-refractivity contribution >= 4 is 34.0 Å². The Labute approximate surface area is 139 Å². The number of rotatable bonds is 3. The SMILES string of the molecule is COC(=O)c1sc(NC2CCOC3(CCCCC3)C2)nc1Cl. The summed E-state index contributed by atoms with van der Waals surface area (Å²) in [4.78, 5) is 16.2. The standard InChI is InChI=1S/C15H21ClN2O3S/c1-20-13(19)11-12(16)18-14(22-11)17-10-5-8-21-15(9-10)6-3-2-4-7-15/h10H,2-9H2,1H3,(H,17,18). The molecule has 2 fully saturated rings. The molecule has 2 heterocycles. The van der Waals surface area contributed by atoms with E-state index in [0.29, 0.717) is 16.1 Å². The van der Waals surface area contributed by atoms with Gasteiger partial charge in [-0.05, 0) is 25.7 Å². The Bertz CT molecular complexity index is 537. The Balaban J connectivity index is 1.66. The van der Waals surface area contributed by atoms with Crippen LogP contribution < -0.4 is 5.32 Å². The van der Waals surface area contributed by atoms with E-state index < -0.39 is 5.97 Å². The van der Waals surface area contributed by atoms with Crippen molar-refractivity contribution in [3.8, 4) is 0 Å². The van der Waals surface area contributed by atoms with Gasteiger partial charge in [-0.1, -0.05) is 42.2 Å². The van der Waals surface area contributed by atoms with Crippen molar-refractivity contribution in [1.82, 2.24) is 4.98 Å². The summed E-state index contributed by atoms with van der Waals surface area (Å²) in [5.74, 6) is -0.439. The third-order valence-corrected chi connectivity index (χ3v) is 5.89. The van der Waals surface area contributed by atoms with Gasteiger partial charge in [0.2, 0.25) is 0 Å². The van der Waals surface area contributed by atoms with Gasteiger partial charge in [-0.3, -0.25) is 0 Å². The lowest BCUT2D eigenvalue weighted by molar-refractivity contribution is -0.103. The summed E-state index contributed by atoms with van der Waals surface area (Å²) in [6.45, 7) is 0.778. The number of methoxy groups -OCH3 is 1. The third-order valence-electron chi connectivity index (χ3n) is 4.54. The number of carbonyl (C=O) groups is 1. The molecule has 3 rings (SSSR count). The Kier molecular flexibility index (Phi) is 4.90. The van der Waals surface area contributed by atoms with Crippen molar-refractivity contribution in [2.75, 3.05) is 19.0 Å². The normalized spacial score (nSPS) is 24.2. The number of thiazole rings is 1. The zero-order chi connectivity index (χ0) is 15.6. The predicted octanol–water partition coefficient (Wildman–Crippen LogP) is 3.88. The summed E-state index contributed by atoms with van der Waals surface area (Å²) in [7, 11) is 1.34. The Morgan fingerprint density at radius 2 is 2.23 bits per heavy atom. The van der Waals surface area contributed by atoms with E-state index in [1.807, 2.05) is 0 Å². The summed E-state index contributed by atoms with van der Waals surface area (Å²) in [5.41, 5.74) is 0.0421. The van der Waals surface area contributed by atoms with E-state index >= 15 is 0 Å². The molecule has 22 heavy (non-hydrogen) atoms. The Morgan fingerprint density at radius 3 is 2.95 bits per heavy atom. The van der Waals surface area contributed by atoms with Gasteiger partial charge in [0.15, 0.2) is 15.2 Å². The first-order valence-electron chi connectivity index (χ1n) is 7.77. The molecule has 0 radical (unpaired) electrons. The van der Waals surface area contributed by atoms with E-state index in [9.17, 15) is 4.79 Å². The van der Waals surface area contributed by atoms with Gasteiger partial charge in [-0.2, -0.15) is 0 Å². The van der Waals surface area contributed by atoms with Gasteiger partial charge in [0.05, 0.1) is 12.7 Å². The largest absolute Gasteiger partial charge is 0.465 e. The topological polar surface area (TPSA) is 60.5 Å². The van der Waals surface area contributed by atoms with Crippen molar-refractivity contribution in [2.24, 2.45) is 0 Å². The number of esters is 1. The van der Waals surface area contributed by atoms with Gasteiger partial charge in [0, 0.05) is 12.6 Å². The summed E-state index contributed by atoms with van der Waals surface area (Å²) in [6.07, 6.45) is 8.07. The first-order chi connectivity index (χ1) is 10.6. The second-order valence-corrected chi connectivity index (χ2v) is 7.41. The number of nitrogens with zero attached hydrogens (tertiary/aromatic N) is 1. The molecule has 1 aromatic heterocycles. The molecule has 1 saturated heterocycles. The van der Waals surface area contributed by atoms with Gasteiger partial charge < -0.3 is 14.8 Å². The fourth-order valence-corrected chi connectivity index (χ4v) is 4.63. The quantitative estimate of drug-likeness (QED) is 0.843. The minimum atomic E-state index is -0.439. The van der Waals surface area contributed by atoms with Crippen molar-refractivity contribution in [1.29, 1.82) is 0 Å². The van der Waals surface area contributed by atoms with E-state index in [4.69, 9.17) is 21.1 Å². The van der Waals surface area contributed by atoms with Crippen LogP contribution in [0.1, 0.15) is 54.6 Å². The van der Waals surface area contributed by atoms with Crippen LogP contribution in [0.15, 0.2) is 0 Å². The highest BCUT2D eigenvalue weighted by Gasteiger charge is 2.38. The lowest BCUT2D eigenvalue weighted by Gasteiger charge is -2.43. The smallest absolute Gasteiger partial charge is 0.351 e. The van der Waals surface area contributed by atoms with Gasteiger partial charge in [0.1, 0.15) is 0 Å². The van der Waals surface area contributed by atoms with Gasteiger partial charge >= 0.3 is 5.97 Å². The predicted molar refractivity (Wildman–Crippen MR) is 86.9 cm³/mol. The van der Waals surface area contributed by atoms with Crippen molar-refractivity contribution in [2.45, 2.75) is 56.6 Å². The molecular formula is C15H21ClN2O3S. The Morgan fingerprint density at radius 1 is 1.45 bits per heavy atom. The second kappa shape index (κ2) is 6.72. The zero-order valence-electron chi connectivity index (χ0n) is 12.7. The van der Waals surface area contributed by atoms with Gasteiger partial charge in [-0.15, -0.1) is 0 Å². The first-order valence-corrected chi connectivity index (χ1v) is 8.96. The fraction of sp³-hybridized carbons (Fsp3) is 0.733. The molecule has 0 aromatic carbocycles. The highest BCUT2D eigenvalue weighted by molar-refractivity contribution is 7.18. The molecule has 1 aliphatic heterocycles. The molecule has 1 unspecified atom stereocenters. The number of anilines is 1. The molecule has 1 spiro atoms. The van der Waals surface area contributed by atoms with E-state index in [1.165, 1.54) is 37.7 Å². The van der Waals surface area contributed by atoms with E-state index in [2.05, 4.69) is 10.3 Å². The lowest BCUT2D eigenvalue weighted by atomic mass is 9.78. The van der Waals surface area contributed by atoms with Crippen molar-refractivity contribution < 1.29 is 14.3 Å². The zero-order valence-corrected chi connectivity index (χ0v) is 14.3. The molecule has 2 aliphatic rings. The van der Waals surface area contributed by atoms with Crippen LogP contribution in [-0.4, -0.2) is 36.3 Å². The van der Waals surface area contributed by atoms with Crippen LogP contribution in [0, 0.1) is 0 Å². The average Bonchev–Trinajstić information content (AvgIpc) is 2.88. The highest BCUT2D eigenvalue weighted by atomic mass is 35.5. The molecule has 1 aliphatic carbocycles. The summed E-state index contributed by atoms with van der Waals surface area (Å²) >= 11 is 7.26. The average molecular weight is 345 g/mol. The summed E-state index contributed by atoms with van der Waals surface area (Å²) in [6, 6.07) is 0.319. The van der Waals surface area contributed by atoms with Crippen LogP contribution in [-0.2, 0) is 9.47 Å². The van der Waals surface area contributed by atoms with Crippen molar-refractivity contribution in [3.63, 3.8) is 0 Å². The lowest BCUT2D eigenvalue weighted by Crippen LogP contribution is -2.45. The van der Waals surface area contributed by atoms with E-state index in [-0.39, 0.29) is 10.8 Å². The number of carbonyl (C=O) groups excluding carboxylic acids is 1. The molecule has 1 N–H and O–H groups in total. The molecule has 5 nitrogen and oxygen atoms in total. The monoisotopic (exact) mass is 344 g/mol. The maximum absolute atomic E-state index is 11.6. The number of aromatic nitrogens is 1. The number of hydrogen-bond acceptors (Lipinski definition) is 6. The van der Waals surface area contributed by atoms with Crippen molar-refractivity contribution in [3.05, 3.63) is 10.0 Å². The third kappa shape index (κ3) is 3.39. The molecule has 0 bridgehead atoms. The highest BCUT2D eigenvalue weighted by Crippen LogP contribution is 2.39. The number of halogens is 1. The maximum atomic E-state index is 11.6. The number of hydrogen-bond donors (Lipinski definition) is 1. The minimum Gasteiger partial charge on any atom is -0.465 e. The van der Waals surface area contributed by atoms with Crippen LogP contribution in [0.2, 0.25) is 5.15 Å². The van der Waals surface area contributed by atoms with Gasteiger partial charge in [0.25, 0.3) is 0 Å². The van der Waals surface area contributed by atoms with Crippen LogP contribution >= 0.6 is 22.9 Å². The summed E-state index contributed by atoms with van der Waals surface area (Å²) < 4.78 is 10.8. The Hall–Kier alpha value is -0.850. The van der Waals surface area contributed by atoms with Crippen LogP contribution in [0.4, 0.5) is 5.13 Å². The van der Waals surface area contributed by atoms with Crippen LogP contribution in [0.25, 0.3) is 0 Å². The van der Waals surface area contributed by atoms with Crippen LogP contribution in [0.5, 0.6) is 0 Å². The van der Waals surface area contributed by atoms with Crippen LogP contribution in [0.3, 0.4) is 0 Å². The summed E-state index contributed by atoms with van der Waals surface area (Å²) in [5, 5.41) is 4.32. The minimum absolute atomic E-state index is 0.0421. The first kappa shape index (κ1) is 16.0. The molecular weight excluding hydrogens is 324 g/mol. The molecule has 1 atom stereocenters. The van der Waals surface area contributed by atoms with E-state index in [0.717, 1.165) is 32.3 Å².